The van der Waals surface area contributed by atoms with Gasteiger partial charge in [0.25, 0.3) is 0 Å². The first-order valence-electron chi connectivity index (χ1n) is 7.08. The van der Waals surface area contributed by atoms with E-state index in [0.29, 0.717) is 6.04 Å². The van der Waals surface area contributed by atoms with E-state index in [-0.39, 0.29) is 5.41 Å². The minimum atomic E-state index is 0.252. The molecule has 104 valence electrons. The van der Waals surface area contributed by atoms with E-state index >= 15 is 0 Å². The summed E-state index contributed by atoms with van der Waals surface area (Å²) in [5.41, 5.74) is 4.39. The highest BCUT2D eigenvalue weighted by atomic mass is 32.2. The maximum atomic E-state index is 3.73. The van der Waals surface area contributed by atoms with Gasteiger partial charge in [0.1, 0.15) is 0 Å². The van der Waals surface area contributed by atoms with Crippen molar-refractivity contribution in [1.29, 1.82) is 0 Å². The van der Waals surface area contributed by atoms with Gasteiger partial charge in [-0.3, -0.25) is 0 Å². The summed E-state index contributed by atoms with van der Waals surface area (Å²) in [7, 11) is 0. The average molecular weight is 283 g/mol. The molecule has 1 nitrogen and oxygen atoms in total. The summed E-state index contributed by atoms with van der Waals surface area (Å²) in [5, 5.41) is 3.73. The lowest BCUT2D eigenvalue weighted by molar-refractivity contribution is 0.337. The maximum absolute atomic E-state index is 3.73. The van der Waals surface area contributed by atoms with E-state index in [9.17, 15) is 0 Å². The molecule has 1 aliphatic rings. The minimum absolute atomic E-state index is 0.252. The van der Waals surface area contributed by atoms with Crippen molar-refractivity contribution in [2.75, 3.05) is 11.6 Å². The van der Waals surface area contributed by atoms with Crippen LogP contribution in [0.25, 0.3) is 0 Å². The van der Waals surface area contributed by atoms with Gasteiger partial charge in [-0.05, 0) is 53.5 Å². The summed E-state index contributed by atoms with van der Waals surface area (Å²) < 4.78 is 0. The van der Waals surface area contributed by atoms with Gasteiger partial charge >= 0.3 is 0 Å². The molecule has 0 saturated carbocycles. The van der Waals surface area contributed by atoms with E-state index < -0.39 is 0 Å². The highest BCUT2D eigenvalue weighted by Crippen LogP contribution is 2.46. The highest BCUT2D eigenvalue weighted by molar-refractivity contribution is 7.98. The zero-order valence-electron chi connectivity index (χ0n) is 12.3. The van der Waals surface area contributed by atoms with Crippen LogP contribution in [0.3, 0.4) is 0 Å². The van der Waals surface area contributed by atoms with E-state index in [1.54, 1.807) is 11.8 Å². The van der Waals surface area contributed by atoms with Crippen molar-refractivity contribution in [3.63, 3.8) is 0 Å². The molecule has 2 aromatic rings. The summed E-state index contributed by atoms with van der Waals surface area (Å²) in [4.78, 5) is 1.31. The fourth-order valence-corrected chi connectivity index (χ4v) is 3.53. The number of thioether (sulfide) groups is 1. The first-order valence-corrected chi connectivity index (χ1v) is 8.31. The monoisotopic (exact) mass is 283 g/mol. The van der Waals surface area contributed by atoms with Crippen LogP contribution in [0.4, 0.5) is 5.69 Å². The van der Waals surface area contributed by atoms with Gasteiger partial charge in [0, 0.05) is 10.6 Å². The topological polar surface area (TPSA) is 12.0 Å². The molecule has 0 amide bonds. The molecule has 1 unspecified atom stereocenters. The van der Waals surface area contributed by atoms with E-state index in [4.69, 9.17) is 0 Å². The van der Waals surface area contributed by atoms with E-state index in [2.05, 4.69) is 74.0 Å². The predicted molar refractivity (Wildman–Crippen MR) is 88.5 cm³/mol. The Hall–Kier alpha value is -1.41. The van der Waals surface area contributed by atoms with Gasteiger partial charge in [-0.15, -0.1) is 11.8 Å². The number of nitrogens with one attached hydrogen (secondary N) is 1. The van der Waals surface area contributed by atoms with Crippen molar-refractivity contribution in [1.82, 2.24) is 0 Å². The van der Waals surface area contributed by atoms with Crippen molar-refractivity contribution < 1.29 is 0 Å². The Kier molecular flexibility index (Phi) is 3.51. The molecule has 0 aliphatic heterocycles. The largest absolute Gasteiger partial charge is 0.378 e. The molecule has 0 radical (unpaired) electrons. The lowest BCUT2D eigenvalue weighted by atomic mass is 9.85. The van der Waals surface area contributed by atoms with Crippen molar-refractivity contribution in [2.45, 2.75) is 31.2 Å². The summed E-state index contributed by atoms with van der Waals surface area (Å²) >= 11 is 1.78. The van der Waals surface area contributed by atoms with E-state index in [1.165, 1.54) is 21.7 Å². The van der Waals surface area contributed by atoms with Gasteiger partial charge in [0.05, 0.1) is 6.04 Å². The number of anilines is 1. The van der Waals surface area contributed by atoms with Crippen LogP contribution in [-0.2, 0) is 6.42 Å². The molecule has 20 heavy (non-hydrogen) atoms. The SMILES string of the molecule is CSc1ccc(NC2c3ccccc3CC2(C)C)cc1. The molecular formula is C18H21NS. The summed E-state index contributed by atoms with van der Waals surface area (Å²) in [6, 6.07) is 17.9. The van der Waals surface area contributed by atoms with Crippen molar-refractivity contribution in [2.24, 2.45) is 5.41 Å². The molecule has 2 heteroatoms. The molecule has 1 N–H and O–H groups in total. The van der Waals surface area contributed by atoms with Gasteiger partial charge in [-0.25, -0.2) is 0 Å². The smallest absolute Gasteiger partial charge is 0.0570 e. The minimum Gasteiger partial charge on any atom is -0.378 e. The quantitative estimate of drug-likeness (QED) is 0.782. The Bertz CT molecular complexity index is 601. The van der Waals surface area contributed by atoms with Crippen LogP contribution in [0.1, 0.15) is 31.0 Å². The summed E-state index contributed by atoms with van der Waals surface area (Å²) in [5.74, 6) is 0. The third-order valence-corrected chi connectivity index (χ3v) is 4.94. The van der Waals surface area contributed by atoms with Crippen LogP contribution in [0, 0.1) is 5.41 Å². The molecular weight excluding hydrogens is 262 g/mol. The van der Waals surface area contributed by atoms with Crippen molar-refractivity contribution in [3.8, 4) is 0 Å². The Morgan fingerprint density at radius 2 is 1.75 bits per heavy atom. The summed E-state index contributed by atoms with van der Waals surface area (Å²) in [6.45, 7) is 4.70. The lowest BCUT2D eigenvalue weighted by Crippen LogP contribution is -2.24. The fraction of sp³-hybridized carbons (Fsp3) is 0.333. The highest BCUT2D eigenvalue weighted by Gasteiger charge is 2.38. The summed E-state index contributed by atoms with van der Waals surface area (Å²) in [6.07, 6.45) is 3.25. The first kappa shape index (κ1) is 13.6. The number of benzene rings is 2. The molecule has 2 aromatic carbocycles. The van der Waals surface area contributed by atoms with Crippen LogP contribution in [0.5, 0.6) is 0 Å². The number of hydrogen-bond donors (Lipinski definition) is 1. The normalized spacial score (nSPS) is 19.6. The molecule has 1 atom stereocenters. The van der Waals surface area contributed by atoms with Crippen molar-refractivity contribution >= 4 is 17.4 Å². The Morgan fingerprint density at radius 1 is 1.05 bits per heavy atom. The molecule has 0 aromatic heterocycles. The second-order valence-electron chi connectivity index (χ2n) is 6.17. The Morgan fingerprint density at radius 3 is 2.45 bits per heavy atom. The van der Waals surface area contributed by atoms with Gasteiger partial charge in [0.15, 0.2) is 0 Å². The second kappa shape index (κ2) is 5.17. The fourth-order valence-electron chi connectivity index (χ4n) is 3.12. The van der Waals surface area contributed by atoms with Gasteiger partial charge in [-0.1, -0.05) is 38.1 Å². The average Bonchev–Trinajstić information content (AvgIpc) is 2.70. The van der Waals surface area contributed by atoms with Crippen LogP contribution in [0.15, 0.2) is 53.4 Å². The Balaban J connectivity index is 1.88. The maximum Gasteiger partial charge on any atom is 0.0570 e. The Labute approximate surface area is 125 Å². The standard InChI is InChI=1S/C18H21NS/c1-18(2)12-13-6-4-5-7-16(13)17(18)19-14-8-10-15(20-3)11-9-14/h4-11,17,19H,12H2,1-3H3. The van der Waals surface area contributed by atoms with Gasteiger partial charge in [-0.2, -0.15) is 0 Å². The zero-order chi connectivity index (χ0) is 14.2. The number of fused-ring (bicyclic) bond motifs is 1. The van der Waals surface area contributed by atoms with Gasteiger partial charge < -0.3 is 5.32 Å². The number of rotatable bonds is 3. The lowest BCUT2D eigenvalue weighted by Gasteiger charge is -2.29. The van der Waals surface area contributed by atoms with Crippen LogP contribution in [0.2, 0.25) is 0 Å². The van der Waals surface area contributed by atoms with Crippen LogP contribution in [-0.4, -0.2) is 6.26 Å². The molecule has 0 spiro atoms. The predicted octanol–water partition coefficient (Wildman–Crippen LogP) is 5.14. The molecule has 0 fully saturated rings. The molecule has 3 rings (SSSR count). The third kappa shape index (κ3) is 2.45. The van der Waals surface area contributed by atoms with Gasteiger partial charge in [0.2, 0.25) is 0 Å². The first-order chi connectivity index (χ1) is 9.60. The van der Waals surface area contributed by atoms with E-state index in [1.807, 2.05) is 0 Å². The van der Waals surface area contributed by atoms with E-state index in [0.717, 1.165) is 6.42 Å². The molecule has 0 bridgehead atoms. The zero-order valence-corrected chi connectivity index (χ0v) is 13.1. The number of hydrogen-bond acceptors (Lipinski definition) is 2. The second-order valence-corrected chi connectivity index (χ2v) is 7.05. The van der Waals surface area contributed by atoms with Crippen LogP contribution >= 0.6 is 11.8 Å². The molecule has 0 heterocycles. The molecule has 0 saturated heterocycles. The third-order valence-electron chi connectivity index (χ3n) is 4.19. The van der Waals surface area contributed by atoms with Crippen molar-refractivity contribution in [3.05, 3.63) is 59.7 Å². The van der Waals surface area contributed by atoms with Crippen LogP contribution < -0.4 is 5.32 Å². The molecule has 1 aliphatic carbocycles.